The Balaban J connectivity index is 0. The predicted octanol–water partition coefficient (Wildman–Crippen LogP) is 2.33. The number of carbonyl (C=O) groups excluding carboxylic acids is 2. The maximum absolute atomic E-state index is 9.84. The molecule has 0 aliphatic rings. The quantitative estimate of drug-likeness (QED) is 0.670. The molecule has 0 saturated heterocycles. The number of hydrogen-bond acceptors (Lipinski definition) is 3. The monoisotopic (exact) mass is 261 g/mol. The van der Waals surface area contributed by atoms with E-state index in [0.29, 0.717) is 0 Å². The third kappa shape index (κ3) is 15.4. The summed E-state index contributed by atoms with van der Waals surface area (Å²) in [5.41, 5.74) is 5.71. The predicted molar refractivity (Wildman–Crippen MR) is 78.1 cm³/mol. The molecular formula is C15H19NO3. The molecule has 0 aromatic heterocycles. The van der Waals surface area contributed by atoms with Crippen LogP contribution in [0.3, 0.4) is 0 Å². The van der Waals surface area contributed by atoms with Crippen molar-refractivity contribution in [2.45, 2.75) is 0 Å². The lowest BCUT2D eigenvalue weighted by Gasteiger charge is -1.85. The van der Waals surface area contributed by atoms with Gasteiger partial charge in [0.25, 0.3) is 0 Å². The van der Waals surface area contributed by atoms with E-state index in [1.165, 1.54) is 12.7 Å². The molecule has 0 bridgehead atoms. The van der Waals surface area contributed by atoms with Crippen LogP contribution in [0.1, 0.15) is 5.56 Å². The summed E-state index contributed by atoms with van der Waals surface area (Å²) in [6.45, 7) is 9.87. The van der Waals surface area contributed by atoms with Crippen LogP contribution in [0.15, 0.2) is 62.2 Å². The van der Waals surface area contributed by atoms with Gasteiger partial charge in [-0.2, -0.15) is 0 Å². The summed E-state index contributed by atoms with van der Waals surface area (Å²) in [6.07, 6.45) is 4.00. The van der Waals surface area contributed by atoms with E-state index in [9.17, 15) is 9.59 Å². The van der Waals surface area contributed by atoms with Crippen LogP contribution in [0, 0.1) is 0 Å². The van der Waals surface area contributed by atoms with E-state index in [1.807, 2.05) is 36.4 Å². The summed E-state index contributed by atoms with van der Waals surface area (Å²) in [6, 6.07) is 10.0. The second-order valence-electron chi connectivity index (χ2n) is 2.95. The van der Waals surface area contributed by atoms with Gasteiger partial charge in [0.15, 0.2) is 0 Å². The summed E-state index contributed by atoms with van der Waals surface area (Å²) in [5, 5.41) is 0. The fourth-order valence-corrected chi connectivity index (χ4v) is 0.672. The van der Waals surface area contributed by atoms with Crippen LogP contribution in [0.4, 0.5) is 0 Å². The normalized spacial score (nSPS) is 7.42. The fraction of sp³-hybridized carbons (Fsp3) is 0.0667. The maximum Gasteiger partial charge on any atom is 0.329 e. The van der Waals surface area contributed by atoms with E-state index < -0.39 is 11.9 Å². The lowest BCUT2D eigenvalue weighted by atomic mass is 10.2. The highest BCUT2D eigenvalue weighted by atomic mass is 16.5. The molecular weight excluding hydrogens is 242 g/mol. The Morgan fingerprint density at radius 1 is 1.11 bits per heavy atom. The van der Waals surface area contributed by atoms with Crippen LogP contribution < -0.4 is 5.73 Å². The zero-order chi connectivity index (χ0) is 15.1. The molecule has 0 spiro atoms. The number of esters is 1. The number of nitrogens with two attached hydrogens (primary N) is 1. The first kappa shape index (κ1) is 18.7. The van der Waals surface area contributed by atoms with Crippen LogP contribution in [0.25, 0.3) is 6.08 Å². The summed E-state index contributed by atoms with van der Waals surface area (Å²) in [7, 11) is 1.31. The molecule has 19 heavy (non-hydrogen) atoms. The molecule has 0 aliphatic carbocycles. The van der Waals surface area contributed by atoms with Gasteiger partial charge >= 0.3 is 5.97 Å². The number of rotatable bonds is 3. The highest BCUT2D eigenvalue weighted by Gasteiger charge is 1.82. The summed E-state index contributed by atoms with van der Waals surface area (Å²) < 4.78 is 4.14. The average Bonchev–Trinajstić information content (AvgIpc) is 2.48. The van der Waals surface area contributed by atoms with Crippen LogP contribution >= 0.6 is 0 Å². The van der Waals surface area contributed by atoms with Crippen molar-refractivity contribution >= 4 is 18.0 Å². The van der Waals surface area contributed by atoms with Crippen molar-refractivity contribution in [1.29, 1.82) is 0 Å². The van der Waals surface area contributed by atoms with Crippen LogP contribution in [0.2, 0.25) is 0 Å². The zero-order valence-electron chi connectivity index (χ0n) is 11.0. The van der Waals surface area contributed by atoms with E-state index in [-0.39, 0.29) is 0 Å². The van der Waals surface area contributed by atoms with Gasteiger partial charge in [-0.1, -0.05) is 56.1 Å². The second-order valence-corrected chi connectivity index (χ2v) is 2.95. The number of amides is 1. The van der Waals surface area contributed by atoms with Crippen LogP contribution in [-0.4, -0.2) is 19.0 Å². The number of ether oxygens (including phenoxy) is 1. The van der Waals surface area contributed by atoms with Crippen molar-refractivity contribution in [2.24, 2.45) is 5.73 Å². The van der Waals surface area contributed by atoms with Gasteiger partial charge in [0.05, 0.1) is 7.11 Å². The minimum atomic E-state index is -0.481. The molecule has 4 heteroatoms. The van der Waals surface area contributed by atoms with E-state index in [4.69, 9.17) is 0 Å². The number of benzene rings is 1. The Morgan fingerprint density at radius 2 is 1.58 bits per heavy atom. The van der Waals surface area contributed by atoms with Gasteiger partial charge in [-0.15, -0.1) is 0 Å². The first-order chi connectivity index (χ1) is 9.01. The Bertz CT molecular complexity index is 411. The lowest BCUT2D eigenvalue weighted by molar-refractivity contribution is -0.134. The Kier molecular flexibility index (Phi) is 13.3. The molecule has 0 atom stereocenters. The second kappa shape index (κ2) is 13.4. The molecule has 0 aliphatic heterocycles. The van der Waals surface area contributed by atoms with Crippen molar-refractivity contribution in [1.82, 2.24) is 0 Å². The Hall–Kier alpha value is -2.62. The molecule has 0 unspecified atom stereocenters. The number of hydrogen-bond donors (Lipinski definition) is 1. The average molecular weight is 261 g/mol. The molecule has 0 heterocycles. The largest absolute Gasteiger partial charge is 0.466 e. The van der Waals surface area contributed by atoms with Crippen LogP contribution in [0.5, 0.6) is 0 Å². The molecule has 0 radical (unpaired) electrons. The number of methoxy groups -OCH3 is 1. The van der Waals surface area contributed by atoms with E-state index in [1.54, 1.807) is 0 Å². The Morgan fingerprint density at radius 3 is 1.74 bits per heavy atom. The lowest BCUT2D eigenvalue weighted by Crippen LogP contribution is -2.04. The summed E-state index contributed by atoms with van der Waals surface area (Å²) in [5.74, 6) is -0.875. The van der Waals surface area contributed by atoms with Gasteiger partial charge in [-0.05, 0) is 11.6 Å². The van der Waals surface area contributed by atoms with Crippen LogP contribution in [-0.2, 0) is 14.3 Å². The molecule has 102 valence electrons. The first-order valence-electron chi connectivity index (χ1n) is 5.31. The standard InChI is InChI=1S/C8H8.C4H6O2.C3H5NO/c1-2-8-6-4-3-5-7-8;1-3-4(5)6-2;1-2-3(4)5/h2-7H,1H2;3H,1H2,2H3;2H,1H2,(H2,4,5). The SMILES string of the molecule is C=CC(=O)OC.C=CC(N)=O.C=Cc1ccccc1. The minimum absolute atomic E-state index is 0.394. The van der Waals surface area contributed by atoms with Crippen molar-refractivity contribution < 1.29 is 14.3 Å². The molecule has 1 aromatic rings. The minimum Gasteiger partial charge on any atom is -0.466 e. The Labute approximate surface area is 113 Å². The summed E-state index contributed by atoms with van der Waals surface area (Å²) >= 11 is 0. The third-order valence-corrected chi connectivity index (χ3v) is 1.60. The smallest absolute Gasteiger partial charge is 0.329 e. The number of carbonyl (C=O) groups is 2. The van der Waals surface area contributed by atoms with E-state index in [2.05, 4.69) is 30.2 Å². The van der Waals surface area contributed by atoms with Gasteiger partial charge in [0.2, 0.25) is 5.91 Å². The van der Waals surface area contributed by atoms with Crippen molar-refractivity contribution in [2.75, 3.05) is 7.11 Å². The molecule has 1 rings (SSSR count). The van der Waals surface area contributed by atoms with Crippen molar-refractivity contribution in [3.8, 4) is 0 Å². The van der Waals surface area contributed by atoms with Gasteiger partial charge in [-0.3, -0.25) is 4.79 Å². The first-order valence-corrected chi connectivity index (χ1v) is 5.31. The third-order valence-electron chi connectivity index (χ3n) is 1.60. The summed E-state index contributed by atoms with van der Waals surface area (Å²) in [4.78, 5) is 19.3. The maximum atomic E-state index is 9.84. The number of primary amides is 1. The molecule has 4 nitrogen and oxygen atoms in total. The van der Waals surface area contributed by atoms with Crippen molar-refractivity contribution in [3.05, 3.63) is 67.8 Å². The highest BCUT2D eigenvalue weighted by molar-refractivity contribution is 5.85. The van der Waals surface area contributed by atoms with Gasteiger partial charge in [0.1, 0.15) is 0 Å². The van der Waals surface area contributed by atoms with E-state index in [0.717, 1.165) is 12.2 Å². The molecule has 0 saturated carbocycles. The molecule has 1 aromatic carbocycles. The van der Waals surface area contributed by atoms with E-state index >= 15 is 0 Å². The topological polar surface area (TPSA) is 69.4 Å². The van der Waals surface area contributed by atoms with Gasteiger partial charge < -0.3 is 10.5 Å². The van der Waals surface area contributed by atoms with Gasteiger partial charge in [0, 0.05) is 6.08 Å². The van der Waals surface area contributed by atoms with Crippen molar-refractivity contribution in [3.63, 3.8) is 0 Å². The van der Waals surface area contributed by atoms with Gasteiger partial charge in [-0.25, -0.2) is 4.79 Å². The highest BCUT2D eigenvalue weighted by Crippen LogP contribution is 1.97. The molecule has 1 amide bonds. The zero-order valence-corrected chi connectivity index (χ0v) is 11.0. The molecule has 0 fully saturated rings. The molecule has 2 N–H and O–H groups in total. The fourth-order valence-electron chi connectivity index (χ4n) is 0.672.